The Bertz CT molecular complexity index is 985. The van der Waals surface area contributed by atoms with E-state index in [2.05, 4.69) is 32.2 Å². The van der Waals surface area contributed by atoms with Crippen molar-refractivity contribution in [2.24, 2.45) is 0 Å². The number of hydrogen-bond acceptors (Lipinski definition) is 6. The Labute approximate surface area is 155 Å². The Hall–Kier alpha value is -2.87. The van der Waals surface area contributed by atoms with Crippen molar-refractivity contribution >= 4 is 22.8 Å². The lowest BCUT2D eigenvalue weighted by molar-refractivity contribution is 0.263. The fourth-order valence-electron chi connectivity index (χ4n) is 3.25. The van der Waals surface area contributed by atoms with Gasteiger partial charge >= 0.3 is 0 Å². The van der Waals surface area contributed by atoms with E-state index in [0.717, 1.165) is 38.1 Å². The number of benzene rings is 1. The van der Waals surface area contributed by atoms with Gasteiger partial charge in [0.2, 0.25) is 5.95 Å². The Morgan fingerprint density at radius 2 is 1.81 bits per heavy atom. The first-order chi connectivity index (χ1) is 13.0. The summed E-state index contributed by atoms with van der Waals surface area (Å²) < 4.78 is 26.7. The maximum atomic E-state index is 13.5. The van der Waals surface area contributed by atoms with Crippen LogP contribution in [-0.4, -0.2) is 46.0 Å². The van der Waals surface area contributed by atoms with Crippen LogP contribution in [0.15, 0.2) is 30.3 Å². The largest absolute Gasteiger partial charge is 0.383 e. The number of nitrogens with zero attached hydrogens (tertiary/aromatic N) is 4. The van der Waals surface area contributed by atoms with E-state index in [-0.39, 0.29) is 6.04 Å². The number of likely N-dealkylation sites (tertiary alicyclic amines) is 1. The molecule has 0 amide bonds. The van der Waals surface area contributed by atoms with E-state index in [1.165, 1.54) is 6.07 Å². The predicted molar refractivity (Wildman–Crippen MR) is 101 cm³/mol. The molecule has 6 nitrogen and oxygen atoms in total. The van der Waals surface area contributed by atoms with E-state index in [1.54, 1.807) is 12.1 Å². The molecule has 0 unspecified atom stereocenters. The first-order valence-corrected chi connectivity index (χ1v) is 8.84. The summed E-state index contributed by atoms with van der Waals surface area (Å²) in [5.74, 6) is -1.04. The molecule has 4 rings (SSSR count). The van der Waals surface area contributed by atoms with Crippen LogP contribution >= 0.6 is 0 Å². The number of fused-ring (bicyclic) bond motifs is 1. The molecule has 3 aromatic rings. The van der Waals surface area contributed by atoms with Crippen molar-refractivity contribution in [3.8, 4) is 11.3 Å². The van der Waals surface area contributed by atoms with Crippen molar-refractivity contribution in [1.29, 1.82) is 0 Å². The maximum Gasteiger partial charge on any atom is 0.226 e. The van der Waals surface area contributed by atoms with Gasteiger partial charge in [-0.15, -0.1) is 0 Å². The lowest BCUT2D eigenvalue weighted by atomic mass is 10.1. The van der Waals surface area contributed by atoms with Crippen molar-refractivity contribution in [2.75, 3.05) is 31.2 Å². The van der Waals surface area contributed by atoms with Crippen molar-refractivity contribution in [3.05, 3.63) is 42.0 Å². The summed E-state index contributed by atoms with van der Waals surface area (Å²) in [4.78, 5) is 15.6. The van der Waals surface area contributed by atoms with Gasteiger partial charge in [0.25, 0.3) is 0 Å². The molecule has 1 fully saturated rings. The first-order valence-electron chi connectivity index (χ1n) is 8.84. The molecule has 0 aliphatic carbocycles. The molecule has 3 heterocycles. The molecule has 1 aromatic carbocycles. The standard InChI is InChI=1S/C19H20F2N6/c1-27-8-6-12(7-9-27)23-19-25-17(22)13-3-5-16(24-18(13)26-19)11-2-4-14(20)15(21)10-11/h2-5,10,12H,6-9H2,1H3,(H3,22,23,24,25,26). The Morgan fingerprint density at radius 1 is 1.04 bits per heavy atom. The van der Waals surface area contributed by atoms with Gasteiger partial charge in [-0.25, -0.2) is 13.8 Å². The monoisotopic (exact) mass is 370 g/mol. The highest BCUT2D eigenvalue weighted by molar-refractivity contribution is 5.88. The summed E-state index contributed by atoms with van der Waals surface area (Å²) in [5, 5.41) is 3.95. The van der Waals surface area contributed by atoms with Gasteiger partial charge in [-0.3, -0.25) is 0 Å². The predicted octanol–water partition coefficient (Wildman–Crippen LogP) is 3.06. The number of aromatic nitrogens is 3. The molecule has 0 spiro atoms. The molecule has 140 valence electrons. The summed E-state index contributed by atoms with van der Waals surface area (Å²) in [5.41, 5.74) is 7.45. The molecule has 0 bridgehead atoms. The minimum absolute atomic E-state index is 0.285. The summed E-state index contributed by atoms with van der Waals surface area (Å²) >= 11 is 0. The van der Waals surface area contributed by atoms with Gasteiger partial charge in [-0.1, -0.05) is 0 Å². The molecular formula is C19H20F2N6. The van der Waals surface area contributed by atoms with Crippen molar-refractivity contribution in [1.82, 2.24) is 19.9 Å². The second-order valence-electron chi connectivity index (χ2n) is 6.85. The quantitative estimate of drug-likeness (QED) is 0.738. The van der Waals surface area contributed by atoms with Crippen LogP contribution in [0, 0.1) is 11.6 Å². The molecule has 3 N–H and O–H groups in total. The highest BCUT2D eigenvalue weighted by Crippen LogP contribution is 2.25. The molecular weight excluding hydrogens is 350 g/mol. The lowest BCUT2D eigenvalue weighted by Gasteiger charge is -2.29. The van der Waals surface area contributed by atoms with Gasteiger partial charge in [0, 0.05) is 11.6 Å². The highest BCUT2D eigenvalue weighted by Gasteiger charge is 2.18. The number of pyridine rings is 1. The fraction of sp³-hybridized carbons (Fsp3) is 0.316. The topological polar surface area (TPSA) is 80.0 Å². The van der Waals surface area contributed by atoms with Crippen molar-refractivity contribution in [3.63, 3.8) is 0 Å². The van der Waals surface area contributed by atoms with Gasteiger partial charge in [0.1, 0.15) is 5.82 Å². The van der Waals surface area contributed by atoms with Gasteiger partial charge in [0.15, 0.2) is 17.3 Å². The summed E-state index contributed by atoms with van der Waals surface area (Å²) in [7, 11) is 2.10. The van der Waals surface area contributed by atoms with Gasteiger partial charge < -0.3 is 16.0 Å². The maximum absolute atomic E-state index is 13.5. The smallest absolute Gasteiger partial charge is 0.226 e. The molecule has 0 saturated carbocycles. The average molecular weight is 370 g/mol. The number of nitrogens with two attached hydrogens (primary N) is 1. The highest BCUT2D eigenvalue weighted by atomic mass is 19.2. The third-order valence-corrected chi connectivity index (χ3v) is 4.86. The molecule has 0 atom stereocenters. The molecule has 8 heteroatoms. The van der Waals surface area contributed by atoms with E-state index in [0.29, 0.717) is 34.1 Å². The van der Waals surface area contributed by atoms with Crippen LogP contribution in [0.3, 0.4) is 0 Å². The fourth-order valence-corrected chi connectivity index (χ4v) is 3.25. The third-order valence-electron chi connectivity index (χ3n) is 4.86. The Balaban J connectivity index is 1.66. The van der Waals surface area contributed by atoms with Gasteiger partial charge in [0.05, 0.1) is 11.1 Å². The normalized spacial score (nSPS) is 16.0. The minimum Gasteiger partial charge on any atom is -0.383 e. The van der Waals surface area contributed by atoms with Crippen molar-refractivity contribution in [2.45, 2.75) is 18.9 Å². The van der Waals surface area contributed by atoms with Crippen LogP contribution in [0.1, 0.15) is 12.8 Å². The number of hydrogen-bond donors (Lipinski definition) is 2. The van der Waals surface area contributed by atoms with E-state index in [1.807, 2.05) is 0 Å². The number of rotatable bonds is 3. The van der Waals surface area contributed by atoms with Gasteiger partial charge in [-0.05, 0) is 63.3 Å². The zero-order valence-electron chi connectivity index (χ0n) is 14.9. The SMILES string of the molecule is CN1CCC(Nc2nc(N)c3ccc(-c4ccc(F)c(F)c4)nc3n2)CC1. The summed E-state index contributed by atoms with van der Waals surface area (Å²) in [6, 6.07) is 7.40. The molecule has 2 aromatic heterocycles. The van der Waals surface area contributed by atoms with Crippen LogP contribution in [0.2, 0.25) is 0 Å². The number of nitrogen functional groups attached to an aromatic ring is 1. The second-order valence-corrected chi connectivity index (χ2v) is 6.85. The minimum atomic E-state index is -0.916. The number of anilines is 2. The van der Waals surface area contributed by atoms with Crippen LogP contribution in [0.25, 0.3) is 22.3 Å². The van der Waals surface area contributed by atoms with Crippen LogP contribution < -0.4 is 11.1 Å². The summed E-state index contributed by atoms with van der Waals surface area (Å²) in [6.45, 7) is 2.03. The first kappa shape index (κ1) is 17.5. The second kappa shape index (κ2) is 7.03. The van der Waals surface area contributed by atoms with Crippen LogP contribution in [0.5, 0.6) is 0 Å². The lowest BCUT2D eigenvalue weighted by Crippen LogP contribution is -2.37. The van der Waals surface area contributed by atoms with Crippen molar-refractivity contribution < 1.29 is 8.78 Å². The Morgan fingerprint density at radius 3 is 2.56 bits per heavy atom. The molecule has 0 radical (unpaired) electrons. The Kier molecular flexibility index (Phi) is 4.57. The van der Waals surface area contributed by atoms with E-state index < -0.39 is 11.6 Å². The molecule has 1 saturated heterocycles. The number of halogens is 2. The summed E-state index contributed by atoms with van der Waals surface area (Å²) in [6.07, 6.45) is 2.00. The average Bonchev–Trinajstić information content (AvgIpc) is 2.65. The molecule has 1 aliphatic heterocycles. The molecule has 1 aliphatic rings. The third kappa shape index (κ3) is 3.66. The van der Waals surface area contributed by atoms with E-state index in [4.69, 9.17) is 5.73 Å². The van der Waals surface area contributed by atoms with Gasteiger partial charge in [-0.2, -0.15) is 9.97 Å². The van der Waals surface area contributed by atoms with Crippen LogP contribution in [-0.2, 0) is 0 Å². The van der Waals surface area contributed by atoms with Crippen LogP contribution in [0.4, 0.5) is 20.5 Å². The van der Waals surface area contributed by atoms with E-state index >= 15 is 0 Å². The zero-order valence-corrected chi connectivity index (χ0v) is 14.9. The molecule has 27 heavy (non-hydrogen) atoms. The number of nitrogens with one attached hydrogen (secondary N) is 1. The zero-order chi connectivity index (χ0) is 19.0. The number of piperidine rings is 1. The van der Waals surface area contributed by atoms with E-state index in [9.17, 15) is 8.78 Å².